The monoisotopic (exact) mass is 370 g/mol. The predicted octanol–water partition coefficient (Wildman–Crippen LogP) is 2.99. The third-order valence-electron chi connectivity index (χ3n) is 3.54. The number of hydrogen-bond acceptors (Lipinski definition) is 4. The largest absolute Gasteiger partial charge is 0.497 e. The molecule has 0 aliphatic carbocycles. The fourth-order valence-corrected chi connectivity index (χ4v) is 3.43. The van der Waals surface area contributed by atoms with Crippen molar-refractivity contribution in [2.24, 2.45) is 4.99 Å². The average Bonchev–Trinajstić information content (AvgIpc) is 2.99. The van der Waals surface area contributed by atoms with E-state index in [1.807, 2.05) is 0 Å². The number of fused-ring (bicyclic) bond motifs is 1. The maximum atomic E-state index is 14.1. The minimum absolute atomic E-state index is 0.117. The number of aromatic nitrogens is 1. The molecular formula is C19H15FN2O3S. The SMILES string of the molecule is C#CCn1c(=NC(=O)COc2ccc(OC)cc2)sc2cccc(F)c21. The minimum atomic E-state index is -0.487. The molecule has 3 rings (SSSR count). The van der Waals surface area contributed by atoms with E-state index in [1.165, 1.54) is 22.0 Å². The molecule has 3 aromatic rings. The lowest BCUT2D eigenvalue weighted by atomic mass is 10.3. The molecule has 0 fully saturated rings. The minimum Gasteiger partial charge on any atom is -0.497 e. The highest BCUT2D eigenvalue weighted by Gasteiger charge is 2.11. The van der Waals surface area contributed by atoms with Crippen LogP contribution in [0.5, 0.6) is 11.5 Å². The van der Waals surface area contributed by atoms with Crippen LogP contribution in [0.4, 0.5) is 4.39 Å². The van der Waals surface area contributed by atoms with E-state index in [0.29, 0.717) is 26.5 Å². The molecule has 0 N–H and O–H groups in total. The fraction of sp³-hybridized carbons (Fsp3) is 0.158. The van der Waals surface area contributed by atoms with Gasteiger partial charge in [0.15, 0.2) is 11.4 Å². The predicted molar refractivity (Wildman–Crippen MR) is 97.7 cm³/mol. The molecule has 1 aromatic heterocycles. The summed E-state index contributed by atoms with van der Waals surface area (Å²) in [7, 11) is 1.57. The van der Waals surface area contributed by atoms with Crippen molar-refractivity contribution in [2.75, 3.05) is 13.7 Å². The second kappa shape index (κ2) is 7.85. The summed E-state index contributed by atoms with van der Waals surface area (Å²) >= 11 is 1.20. The van der Waals surface area contributed by atoms with E-state index in [4.69, 9.17) is 15.9 Å². The molecule has 0 unspecified atom stereocenters. The summed E-state index contributed by atoms with van der Waals surface area (Å²) in [5.41, 5.74) is 0.345. The summed E-state index contributed by atoms with van der Waals surface area (Å²) in [4.78, 5) is 16.5. The van der Waals surface area contributed by atoms with Gasteiger partial charge < -0.3 is 14.0 Å². The third-order valence-corrected chi connectivity index (χ3v) is 4.59. The van der Waals surface area contributed by atoms with E-state index in [9.17, 15) is 9.18 Å². The zero-order chi connectivity index (χ0) is 18.5. The highest BCUT2D eigenvalue weighted by atomic mass is 32.1. The Balaban J connectivity index is 1.84. The van der Waals surface area contributed by atoms with E-state index >= 15 is 0 Å². The van der Waals surface area contributed by atoms with Gasteiger partial charge >= 0.3 is 0 Å². The maximum Gasteiger partial charge on any atom is 0.286 e. The molecule has 0 spiro atoms. The van der Waals surface area contributed by atoms with Gasteiger partial charge in [0.2, 0.25) is 0 Å². The highest BCUT2D eigenvalue weighted by Crippen LogP contribution is 2.20. The van der Waals surface area contributed by atoms with Crippen molar-refractivity contribution < 1.29 is 18.7 Å². The van der Waals surface area contributed by atoms with Gasteiger partial charge in [0, 0.05) is 0 Å². The first kappa shape index (κ1) is 17.7. The van der Waals surface area contributed by atoms with Gasteiger partial charge in [-0.05, 0) is 36.4 Å². The van der Waals surface area contributed by atoms with Crippen LogP contribution in [0, 0.1) is 18.2 Å². The summed E-state index contributed by atoms with van der Waals surface area (Å²) < 4.78 is 26.8. The molecule has 0 saturated heterocycles. The van der Waals surface area contributed by atoms with Crippen LogP contribution in [-0.2, 0) is 11.3 Å². The van der Waals surface area contributed by atoms with E-state index in [-0.39, 0.29) is 13.2 Å². The molecule has 26 heavy (non-hydrogen) atoms. The lowest BCUT2D eigenvalue weighted by Gasteiger charge is -2.04. The van der Waals surface area contributed by atoms with Crippen LogP contribution in [0.3, 0.4) is 0 Å². The average molecular weight is 370 g/mol. The number of benzene rings is 2. The van der Waals surface area contributed by atoms with Crippen molar-refractivity contribution in [3.8, 4) is 23.8 Å². The van der Waals surface area contributed by atoms with E-state index in [1.54, 1.807) is 43.5 Å². The molecule has 7 heteroatoms. The molecule has 0 aliphatic rings. The van der Waals surface area contributed by atoms with Gasteiger partial charge in [0.05, 0.1) is 23.9 Å². The third kappa shape index (κ3) is 3.76. The molecule has 0 radical (unpaired) electrons. The van der Waals surface area contributed by atoms with Crippen LogP contribution in [-0.4, -0.2) is 24.2 Å². The number of amides is 1. The number of para-hydroxylation sites is 1. The smallest absolute Gasteiger partial charge is 0.286 e. The Morgan fingerprint density at radius 3 is 2.69 bits per heavy atom. The Morgan fingerprint density at radius 2 is 2.00 bits per heavy atom. The number of thiazole rings is 1. The Bertz CT molecular complexity index is 1050. The molecule has 132 valence electrons. The van der Waals surface area contributed by atoms with E-state index in [2.05, 4.69) is 10.9 Å². The zero-order valence-electron chi connectivity index (χ0n) is 13.9. The second-order valence-electron chi connectivity index (χ2n) is 5.23. The number of ether oxygens (including phenoxy) is 2. The van der Waals surface area contributed by atoms with Gasteiger partial charge in [-0.1, -0.05) is 23.3 Å². The van der Waals surface area contributed by atoms with Crippen molar-refractivity contribution in [3.63, 3.8) is 0 Å². The topological polar surface area (TPSA) is 52.8 Å². The van der Waals surface area contributed by atoms with Gasteiger partial charge in [0.25, 0.3) is 5.91 Å². The molecule has 2 aromatic carbocycles. The lowest BCUT2D eigenvalue weighted by molar-refractivity contribution is -0.120. The van der Waals surface area contributed by atoms with Crippen molar-refractivity contribution in [2.45, 2.75) is 6.54 Å². The Kier molecular flexibility index (Phi) is 5.34. The maximum absolute atomic E-state index is 14.1. The van der Waals surface area contributed by atoms with Crippen molar-refractivity contribution in [1.29, 1.82) is 0 Å². The number of methoxy groups -OCH3 is 1. The molecule has 1 heterocycles. The normalized spacial score (nSPS) is 11.3. The summed E-state index contributed by atoms with van der Waals surface area (Å²) in [5.74, 6) is 2.78. The van der Waals surface area contributed by atoms with Crippen LogP contribution >= 0.6 is 11.3 Å². The number of hydrogen-bond donors (Lipinski definition) is 0. The Morgan fingerprint density at radius 1 is 1.27 bits per heavy atom. The van der Waals surface area contributed by atoms with Gasteiger partial charge in [-0.3, -0.25) is 4.79 Å². The molecule has 0 aliphatic heterocycles. The molecular weight excluding hydrogens is 355 g/mol. The molecule has 0 bridgehead atoms. The van der Waals surface area contributed by atoms with Gasteiger partial charge in [-0.25, -0.2) is 4.39 Å². The fourth-order valence-electron chi connectivity index (χ4n) is 2.37. The summed E-state index contributed by atoms with van der Waals surface area (Å²) in [6, 6.07) is 11.6. The lowest BCUT2D eigenvalue weighted by Crippen LogP contribution is -2.19. The Labute approximate surface area is 153 Å². The van der Waals surface area contributed by atoms with Gasteiger partial charge in [0.1, 0.15) is 17.3 Å². The standard InChI is InChI=1S/C19H15FN2O3S/c1-3-11-22-18-15(20)5-4-6-16(18)26-19(22)21-17(23)12-25-14-9-7-13(24-2)8-10-14/h1,4-10H,11-12H2,2H3. The first-order valence-electron chi connectivity index (χ1n) is 7.68. The van der Waals surface area contributed by atoms with Crippen LogP contribution in [0.15, 0.2) is 47.5 Å². The van der Waals surface area contributed by atoms with Gasteiger partial charge in [-0.15, -0.1) is 6.42 Å². The summed E-state index contributed by atoms with van der Waals surface area (Å²) in [6.07, 6.45) is 5.37. The van der Waals surface area contributed by atoms with Crippen LogP contribution < -0.4 is 14.3 Å². The Hall–Kier alpha value is -3.11. The van der Waals surface area contributed by atoms with Crippen LogP contribution in [0.2, 0.25) is 0 Å². The number of carbonyl (C=O) groups excluding carboxylic acids is 1. The summed E-state index contributed by atoms with van der Waals surface area (Å²) in [5, 5.41) is 0. The van der Waals surface area contributed by atoms with Crippen LogP contribution in [0.1, 0.15) is 0 Å². The number of halogens is 1. The van der Waals surface area contributed by atoms with Crippen molar-refractivity contribution >= 4 is 27.5 Å². The number of carbonyl (C=O) groups is 1. The first-order valence-corrected chi connectivity index (χ1v) is 8.49. The molecule has 0 atom stereocenters. The van der Waals surface area contributed by atoms with Crippen molar-refractivity contribution in [3.05, 3.63) is 53.1 Å². The van der Waals surface area contributed by atoms with Crippen LogP contribution in [0.25, 0.3) is 10.2 Å². The van der Waals surface area contributed by atoms with Gasteiger partial charge in [-0.2, -0.15) is 4.99 Å². The molecule has 5 nitrogen and oxygen atoms in total. The highest BCUT2D eigenvalue weighted by molar-refractivity contribution is 7.16. The quantitative estimate of drug-likeness (QED) is 0.649. The first-order chi connectivity index (χ1) is 12.6. The second-order valence-corrected chi connectivity index (χ2v) is 6.24. The zero-order valence-corrected chi connectivity index (χ0v) is 14.8. The number of terminal acetylenes is 1. The van der Waals surface area contributed by atoms with Crippen molar-refractivity contribution in [1.82, 2.24) is 4.57 Å². The number of rotatable bonds is 5. The molecule has 1 amide bonds. The number of nitrogens with zero attached hydrogens (tertiary/aromatic N) is 2. The molecule has 0 saturated carbocycles. The van der Waals surface area contributed by atoms with E-state index in [0.717, 1.165) is 0 Å². The van der Waals surface area contributed by atoms with E-state index < -0.39 is 11.7 Å². The summed E-state index contributed by atoms with van der Waals surface area (Å²) in [6.45, 7) is -0.120.